The van der Waals surface area contributed by atoms with Gasteiger partial charge in [-0.15, -0.1) is 0 Å². The molecular weight excluding hydrogens is 250 g/mol. The van der Waals surface area contributed by atoms with Crippen LogP contribution in [0.4, 0.5) is 11.5 Å². The molecule has 0 spiro atoms. The van der Waals surface area contributed by atoms with Crippen molar-refractivity contribution in [2.24, 2.45) is 5.92 Å². The lowest BCUT2D eigenvalue weighted by Gasteiger charge is -2.14. The molecule has 4 nitrogen and oxygen atoms in total. The molecule has 0 atom stereocenters. The zero-order valence-corrected chi connectivity index (χ0v) is 11.0. The van der Waals surface area contributed by atoms with Gasteiger partial charge in [0.1, 0.15) is 5.82 Å². The lowest BCUT2D eigenvalue weighted by Crippen LogP contribution is -2.18. The van der Waals surface area contributed by atoms with Crippen LogP contribution in [0.5, 0.6) is 0 Å². The van der Waals surface area contributed by atoms with Gasteiger partial charge in [0.25, 0.3) is 0 Å². The summed E-state index contributed by atoms with van der Waals surface area (Å²) in [4.78, 5) is 15.9. The first kappa shape index (κ1) is 11.8. The Bertz CT molecular complexity index is 495. The Hall–Kier alpha value is -1.29. The molecule has 1 aromatic rings. The van der Waals surface area contributed by atoms with Crippen LogP contribution in [0.25, 0.3) is 0 Å². The molecule has 2 fully saturated rings. The van der Waals surface area contributed by atoms with Crippen LogP contribution in [0.2, 0.25) is 5.02 Å². The van der Waals surface area contributed by atoms with E-state index < -0.39 is 0 Å². The molecule has 0 radical (unpaired) electrons. The van der Waals surface area contributed by atoms with Crippen LogP contribution < -0.4 is 10.6 Å². The molecule has 18 heavy (non-hydrogen) atoms. The van der Waals surface area contributed by atoms with E-state index >= 15 is 0 Å². The van der Waals surface area contributed by atoms with E-state index in [4.69, 9.17) is 11.6 Å². The van der Waals surface area contributed by atoms with Gasteiger partial charge in [0, 0.05) is 11.5 Å². The highest BCUT2D eigenvalue weighted by molar-refractivity contribution is 6.33. The van der Waals surface area contributed by atoms with Gasteiger partial charge in [-0.2, -0.15) is 0 Å². The van der Waals surface area contributed by atoms with Crippen LogP contribution in [-0.4, -0.2) is 16.4 Å². The Balaban J connectivity index is 1.69. The molecular formula is C13H16ClN3O. The molecule has 1 heterocycles. The molecule has 2 N–H and O–H groups in total. The van der Waals surface area contributed by atoms with E-state index in [1.165, 1.54) is 0 Å². The van der Waals surface area contributed by atoms with Crippen LogP contribution in [0.1, 0.15) is 32.6 Å². The summed E-state index contributed by atoms with van der Waals surface area (Å²) in [5, 5.41) is 6.71. The van der Waals surface area contributed by atoms with Crippen molar-refractivity contribution in [1.82, 2.24) is 4.98 Å². The van der Waals surface area contributed by atoms with Crippen LogP contribution in [0.15, 0.2) is 12.3 Å². The molecule has 1 amide bonds. The SMILES string of the molecule is CC1(Nc2ncc(NC(=O)C3CC3)cc2Cl)CC1. The third-order valence-electron chi connectivity index (χ3n) is 3.48. The van der Waals surface area contributed by atoms with E-state index in [0.717, 1.165) is 25.7 Å². The summed E-state index contributed by atoms with van der Waals surface area (Å²) < 4.78 is 0. The lowest BCUT2D eigenvalue weighted by molar-refractivity contribution is -0.117. The van der Waals surface area contributed by atoms with Gasteiger partial charge in [-0.3, -0.25) is 4.79 Å². The average molecular weight is 266 g/mol. The minimum Gasteiger partial charge on any atom is -0.364 e. The molecule has 0 aliphatic heterocycles. The van der Waals surface area contributed by atoms with Gasteiger partial charge >= 0.3 is 0 Å². The van der Waals surface area contributed by atoms with E-state index in [-0.39, 0.29) is 17.4 Å². The highest BCUT2D eigenvalue weighted by Crippen LogP contribution is 2.39. The van der Waals surface area contributed by atoms with Crippen LogP contribution in [-0.2, 0) is 4.79 Å². The predicted molar refractivity (Wildman–Crippen MR) is 71.9 cm³/mol. The third-order valence-corrected chi connectivity index (χ3v) is 3.77. The van der Waals surface area contributed by atoms with E-state index in [2.05, 4.69) is 22.5 Å². The van der Waals surface area contributed by atoms with E-state index in [0.29, 0.717) is 16.5 Å². The Morgan fingerprint density at radius 3 is 2.78 bits per heavy atom. The highest BCUT2D eigenvalue weighted by atomic mass is 35.5. The molecule has 96 valence electrons. The van der Waals surface area contributed by atoms with Crippen molar-refractivity contribution >= 4 is 29.0 Å². The van der Waals surface area contributed by atoms with Gasteiger partial charge in [0.05, 0.1) is 16.9 Å². The topological polar surface area (TPSA) is 54.0 Å². The maximum absolute atomic E-state index is 11.6. The van der Waals surface area contributed by atoms with Crippen molar-refractivity contribution < 1.29 is 4.79 Å². The van der Waals surface area contributed by atoms with Crippen molar-refractivity contribution in [2.45, 2.75) is 38.1 Å². The number of pyridine rings is 1. The van der Waals surface area contributed by atoms with E-state index in [1.807, 2.05) is 0 Å². The molecule has 0 saturated heterocycles. The quantitative estimate of drug-likeness (QED) is 0.880. The number of anilines is 2. The van der Waals surface area contributed by atoms with Crippen molar-refractivity contribution in [3.05, 3.63) is 17.3 Å². The predicted octanol–water partition coefficient (Wildman–Crippen LogP) is 3.05. The summed E-state index contributed by atoms with van der Waals surface area (Å²) in [7, 11) is 0. The van der Waals surface area contributed by atoms with Gasteiger partial charge < -0.3 is 10.6 Å². The molecule has 3 rings (SSSR count). The Morgan fingerprint density at radius 2 is 2.22 bits per heavy atom. The van der Waals surface area contributed by atoms with Gasteiger partial charge in [-0.05, 0) is 38.7 Å². The first-order chi connectivity index (χ1) is 8.56. The normalized spacial score (nSPS) is 20.3. The number of halogens is 1. The summed E-state index contributed by atoms with van der Waals surface area (Å²) >= 11 is 6.17. The van der Waals surface area contributed by atoms with Crippen molar-refractivity contribution in [2.75, 3.05) is 10.6 Å². The maximum atomic E-state index is 11.6. The summed E-state index contributed by atoms with van der Waals surface area (Å²) in [6.07, 6.45) is 5.92. The molecule has 2 aliphatic carbocycles. The number of nitrogens with zero attached hydrogens (tertiary/aromatic N) is 1. The number of nitrogens with one attached hydrogen (secondary N) is 2. The second-order valence-electron chi connectivity index (χ2n) is 5.50. The van der Waals surface area contributed by atoms with Gasteiger partial charge in [-0.25, -0.2) is 4.98 Å². The van der Waals surface area contributed by atoms with Crippen LogP contribution in [0, 0.1) is 5.92 Å². The van der Waals surface area contributed by atoms with E-state index in [9.17, 15) is 4.79 Å². The summed E-state index contributed by atoms with van der Waals surface area (Å²) in [5.41, 5.74) is 0.818. The second-order valence-corrected chi connectivity index (χ2v) is 5.91. The number of hydrogen-bond donors (Lipinski definition) is 2. The number of hydrogen-bond acceptors (Lipinski definition) is 3. The monoisotopic (exact) mass is 265 g/mol. The van der Waals surface area contributed by atoms with E-state index in [1.54, 1.807) is 12.3 Å². The van der Waals surface area contributed by atoms with Crippen LogP contribution in [0.3, 0.4) is 0 Å². The molecule has 0 aromatic carbocycles. The second kappa shape index (κ2) is 4.12. The summed E-state index contributed by atoms with van der Waals surface area (Å²) in [6, 6.07) is 1.75. The fraction of sp³-hybridized carbons (Fsp3) is 0.538. The molecule has 0 unspecified atom stereocenters. The van der Waals surface area contributed by atoms with Crippen LogP contribution >= 0.6 is 11.6 Å². The first-order valence-corrected chi connectivity index (χ1v) is 6.68. The molecule has 5 heteroatoms. The smallest absolute Gasteiger partial charge is 0.227 e. The Labute approximate surface area is 111 Å². The van der Waals surface area contributed by atoms with Gasteiger partial charge in [0.15, 0.2) is 0 Å². The highest BCUT2D eigenvalue weighted by Gasteiger charge is 2.37. The zero-order chi connectivity index (χ0) is 12.8. The van der Waals surface area contributed by atoms with Gasteiger partial charge in [-0.1, -0.05) is 11.6 Å². The molecule has 2 aliphatic rings. The minimum absolute atomic E-state index is 0.0720. The largest absolute Gasteiger partial charge is 0.364 e. The van der Waals surface area contributed by atoms with Crippen molar-refractivity contribution in [3.8, 4) is 0 Å². The number of rotatable bonds is 4. The maximum Gasteiger partial charge on any atom is 0.227 e. The molecule has 0 bridgehead atoms. The molecule has 2 saturated carbocycles. The minimum atomic E-state index is 0.0720. The fourth-order valence-electron chi connectivity index (χ4n) is 1.79. The van der Waals surface area contributed by atoms with Gasteiger partial charge in [0.2, 0.25) is 5.91 Å². The fourth-order valence-corrected chi connectivity index (χ4v) is 2.00. The summed E-state index contributed by atoms with van der Waals surface area (Å²) in [5.74, 6) is 0.954. The standard InChI is InChI=1S/C13H16ClN3O/c1-13(4-5-13)17-11-10(14)6-9(7-15-11)16-12(18)8-2-3-8/h6-8H,2-5H2,1H3,(H,15,17)(H,16,18). The van der Waals surface area contributed by atoms with Crippen molar-refractivity contribution in [3.63, 3.8) is 0 Å². The number of aromatic nitrogens is 1. The number of amides is 1. The Kier molecular flexibility index (Phi) is 2.70. The lowest BCUT2D eigenvalue weighted by atomic mass is 10.3. The Morgan fingerprint density at radius 1 is 1.50 bits per heavy atom. The summed E-state index contributed by atoms with van der Waals surface area (Å²) in [6.45, 7) is 2.15. The average Bonchev–Trinajstić information content (AvgIpc) is 3.18. The number of carbonyl (C=O) groups excluding carboxylic acids is 1. The third kappa shape index (κ3) is 2.58. The first-order valence-electron chi connectivity index (χ1n) is 6.30. The number of carbonyl (C=O) groups is 1. The molecule has 1 aromatic heterocycles. The van der Waals surface area contributed by atoms with Crippen molar-refractivity contribution in [1.29, 1.82) is 0 Å². The zero-order valence-electron chi connectivity index (χ0n) is 10.3.